The second-order valence-corrected chi connectivity index (χ2v) is 8.91. The SMILES string of the molecule is O=C(NCc1nnc(N2CC3CCC(C2)O3)cc1N1CC2CCC(C1)O2)c1ccn[nH]1. The number of hydrogen-bond donors (Lipinski definition) is 2. The van der Waals surface area contributed by atoms with E-state index in [1.165, 1.54) is 0 Å². The molecule has 4 saturated heterocycles. The second kappa shape index (κ2) is 7.76. The van der Waals surface area contributed by atoms with E-state index in [0.717, 1.165) is 69.1 Å². The molecule has 0 spiro atoms. The maximum Gasteiger partial charge on any atom is 0.269 e. The summed E-state index contributed by atoms with van der Waals surface area (Å²) < 4.78 is 12.0. The molecular formula is C21H27N7O3. The Hall–Kier alpha value is -2.72. The van der Waals surface area contributed by atoms with E-state index < -0.39 is 0 Å². The number of aromatic nitrogens is 4. The number of fused-ring (bicyclic) bond motifs is 4. The fourth-order valence-corrected chi connectivity index (χ4v) is 5.21. The molecule has 4 fully saturated rings. The van der Waals surface area contributed by atoms with Gasteiger partial charge in [0.2, 0.25) is 0 Å². The molecule has 4 aliphatic heterocycles. The Labute approximate surface area is 180 Å². The van der Waals surface area contributed by atoms with Gasteiger partial charge in [-0.05, 0) is 31.7 Å². The molecule has 6 rings (SSSR count). The molecule has 0 radical (unpaired) electrons. The fraction of sp³-hybridized carbons (Fsp3) is 0.619. The van der Waals surface area contributed by atoms with Crippen LogP contribution in [0.4, 0.5) is 11.5 Å². The topological polar surface area (TPSA) is 108 Å². The van der Waals surface area contributed by atoms with Crippen LogP contribution in [0.3, 0.4) is 0 Å². The van der Waals surface area contributed by atoms with E-state index in [4.69, 9.17) is 9.47 Å². The molecule has 31 heavy (non-hydrogen) atoms. The van der Waals surface area contributed by atoms with Crippen molar-refractivity contribution in [3.63, 3.8) is 0 Å². The van der Waals surface area contributed by atoms with E-state index >= 15 is 0 Å². The van der Waals surface area contributed by atoms with Crippen LogP contribution in [-0.2, 0) is 16.0 Å². The lowest BCUT2D eigenvalue weighted by molar-refractivity contribution is 0.0299. The Morgan fingerprint density at radius 2 is 1.65 bits per heavy atom. The number of aromatic amines is 1. The molecule has 2 aromatic rings. The molecule has 2 N–H and O–H groups in total. The van der Waals surface area contributed by atoms with Crippen LogP contribution in [0.1, 0.15) is 41.9 Å². The van der Waals surface area contributed by atoms with Gasteiger partial charge in [0.05, 0.1) is 36.6 Å². The third-order valence-corrected chi connectivity index (χ3v) is 6.75. The first-order valence-electron chi connectivity index (χ1n) is 11.2. The highest BCUT2D eigenvalue weighted by atomic mass is 16.5. The first-order chi connectivity index (χ1) is 15.2. The first-order valence-corrected chi connectivity index (χ1v) is 11.2. The zero-order valence-corrected chi connectivity index (χ0v) is 17.4. The van der Waals surface area contributed by atoms with Crippen molar-refractivity contribution >= 4 is 17.4 Å². The van der Waals surface area contributed by atoms with Crippen LogP contribution in [-0.4, -0.2) is 76.9 Å². The van der Waals surface area contributed by atoms with Crippen molar-refractivity contribution in [1.82, 2.24) is 25.7 Å². The summed E-state index contributed by atoms with van der Waals surface area (Å²) in [6.07, 6.45) is 7.11. The van der Waals surface area contributed by atoms with Gasteiger partial charge in [-0.25, -0.2) is 0 Å². The molecule has 1 amide bonds. The number of anilines is 2. The number of morpholine rings is 2. The number of amides is 1. The van der Waals surface area contributed by atoms with E-state index in [2.05, 4.69) is 41.6 Å². The van der Waals surface area contributed by atoms with Crippen molar-refractivity contribution in [3.05, 3.63) is 29.7 Å². The van der Waals surface area contributed by atoms with Crippen LogP contribution < -0.4 is 15.1 Å². The predicted molar refractivity (Wildman–Crippen MR) is 112 cm³/mol. The van der Waals surface area contributed by atoms with Gasteiger partial charge in [0.1, 0.15) is 11.4 Å². The average molecular weight is 425 g/mol. The lowest BCUT2D eigenvalue weighted by Gasteiger charge is -2.36. The van der Waals surface area contributed by atoms with E-state index in [9.17, 15) is 4.79 Å². The van der Waals surface area contributed by atoms with Crippen molar-refractivity contribution < 1.29 is 14.3 Å². The van der Waals surface area contributed by atoms with Crippen LogP contribution >= 0.6 is 0 Å². The number of carbonyl (C=O) groups excluding carboxylic acids is 1. The zero-order chi connectivity index (χ0) is 20.8. The molecular weight excluding hydrogens is 398 g/mol. The molecule has 4 aliphatic rings. The maximum atomic E-state index is 12.4. The van der Waals surface area contributed by atoms with E-state index in [-0.39, 0.29) is 30.3 Å². The Morgan fingerprint density at radius 1 is 1.00 bits per heavy atom. The maximum absolute atomic E-state index is 12.4. The summed E-state index contributed by atoms with van der Waals surface area (Å²) in [5.41, 5.74) is 2.24. The van der Waals surface area contributed by atoms with Crippen molar-refractivity contribution in [2.24, 2.45) is 0 Å². The molecule has 10 heteroatoms. The number of ether oxygens (including phenoxy) is 2. The highest BCUT2D eigenvalue weighted by Gasteiger charge is 2.37. The van der Waals surface area contributed by atoms with Gasteiger partial charge in [0, 0.05) is 38.4 Å². The van der Waals surface area contributed by atoms with Crippen molar-refractivity contribution in [2.75, 3.05) is 36.0 Å². The van der Waals surface area contributed by atoms with Crippen molar-refractivity contribution in [2.45, 2.75) is 56.6 Å². The molecule has 0 aliphatic carbocycles. The number of hydrogen-bond acceptors (Lipinski definition) is 8. The highest BCUT2D eigenvalue weighted by Crippen LogP contribution is 2.34. The highest BCUT2D eigenvalue weighted by molar-refractivity contribution is 5.92. The third-order valence-electron chi connectivity index (χ3n) is 6.75. The standard InChI is InChI=1S/C21H27N7O3/c29-21(17-5-6-23-24-17)22-8-18-19(27-9-13-1-2-14(10-27)30-13)7-20(26-25-18)28-11-15-3-4-16(12-28)31-15/h5-7,13-16H,1-4,8-12H2,(H,22,29)(H,23,24). The van der Waals surface area contributed by atoms with E-state index in [1.54, 1.807) is 12.3 Å². The minimum Gasteiger partial charge on any atom is -0.371 e. The Kier molecular flexibility index (Phi) is 4.76. The molecule has 4 unspecified atom stereocenters. The minimum atomic E-state index is -0.207. The van der Waals surface area contributed by atoms with Crippen molar-refractivity contribution in [1.29, 1.82) is 0 Å². The summed E-state index contributed by atoms with van der Waals surface area (Å²) in [7, 11) is 0. The molecule has 10 nitrogen and oxygen atoms in total. The summed E-state index contributed by atoms with van der Waals surface area (Å²) in [6.45, 7) is 3.71. The van der Waals surface area contributed by atoms with Gasteiger partial charge in [-0.1, -0.05) is 0 Å². The van der Waals surface area contributed by atoms with Crippen LogP contribution in [0.2, 0.25) is 0 Å². The van der Waals surface area contributed by atoms with Gasteiger partial charge in [0.25, 0.3) is 5.91 Å². The number of carbonyl (C=O) groups is 1. The van der Waals surface area contributed by atoms with E-state index in [1.807, 2.05) is 0 Å². The molecule has 4 bridgehead atoms. The molecule has 0 aromatic carbocycles. The Morgan fingerprint density at radius 3 is 2.26 bits per heavy atom. The van der Waals surface area contributed by atoms with Gasteiger partial charge in [-0.3, -0.25) is 9.89 Å². The zero-order valence-electron chi connectivity index (χ0n) is 17.4. The minimum absolute atomic E-state index is 0.207. The summed E-state index contributed by atoms with van der Waals surface area (Å²) in [6, 6.07) is 3.79. The lowest BCUT2D eigenvalue weighted by Crippen LogP contribution is -2.45. The number of rotatable bonds is 5. The molecule has 164 valence electrons. The molecule has 2 aromatic heterocycles. The van der Waals surface area contributed by atoms with Gasteiger partial charge in [-0.2, -0.15) is 5.10 Å². The summed E-state index contributed by atoms with van der Waals surface area (Å²) in [5, 5.41) is 18.6. The van der Waals surface area contributed by atoms with Crippen molar-refractivity contribution in [3.8, 4) is 0 Å². The fourth-order valence-electron chi connectivity index (χ4n) is 5.21. The van der Waals surface area contributed by atoms with E-state index in [0.29, 0.717) is 12.2 Å². The normalized spacial score (nSPS) is 29.4. The van der Waals surface area contributed by atoms with Crippen LogP contribution in [0.25, 0.3) is 0 Å². The summed E-state index contributed by atoms with van der Waals surface area (Å²) >= 11 is 0. The first kappa shape index (κ1) is 19.0. The largest absolute Gasteiger partial charge is 0.371 e. The lowest BCUT2D eigenvalue weighted by atomic mass is 10.2. The molecule has 6 heterocycles. The monoisotopic (exact) mass is 425 g/mol. The van der Waals surface area contributed by atoms with Gasteiger partial charge in [-0.15, -0.1) is 10.2 Å². The van der Waals surface area contributed by atoms with Gasteiger partial charge >= 0.3 is 0 Å². The average Bonchev–Trinajstić information content (AvgIpc) is 3.53. The Bertz CT molecular complexity index is 928. The van der Waals surface area contributed by atoms with Crippen LogP contribution in [0, 0.1) is 0 Å². The quantitative estimate of drug-likeness (QED) is 0.726. The second-order valence-electron chi connectivity index (χ2n) is 8.91. The smallest absolute Gasteiger partial charge is 0.269 e. The number of H-pyrrole nitrogens is 1. The Balaban J connectivity index is 1.26. The van der Waals surface area contributed by atoms with Gasteiger partial charge < -0.3 is 24.6 Å². The number of nitrogens with one attached hydrogen (secondary N) is 2. The van der Waals surface area contributed by atoms with Gasteiger partial charge in [0.15, 0.2) is 5.82 Å². The predicted octanol–water partition coefficient (Wildman–Crippen LogP) is 0.865. The summed E-state index contributed by atoms with van der Waals surface area (Å²) in [5.74, 6) is 0.679. The molecule has 4 atom stereocenters. The third kappa shape index (κ3) is 3.74. The van der Waals surface area contributed by atoms with Crippen LogP contribution in [0.5, 0.6) is 0 Å². The number of nitrogens with zero attached hydrogens (tertiary/aromatic N) is 5. The molecule has 0 saturated carbocycles. The van der Waals surface area contributed by atoms with Crippen LogP contribution in [0.15, 0.2) is 18.3 Å². The summed E-state index contributed by atoms with van der Waals surface area (Å²) in [4.78, 5) is 17.0.